The van der Waals surface area contributed by atoms with Gasteiger partial charge in [-0.3, -0.25) is 9.89 Å². The van der Waals surface area contributed by atoms with E-state index >= 15 is 0 Å². The minimum Gasteiger partial charge on any atom is -0.301 e. The van der Waals surface area contributed by atoms with Crippen molar-refractivity contribution >= 4 is 38.6 Å². The Morgan fingerprint density at radius 1 is 1.12 bits per heavy atom. The van der Waals surface area contributed by atoms with Gasteiger partial charge in [0.15, 0.2) is 5.82 Å². The smallest absolute Gasteiger partial charge is 0.301 e. The van der Waals surface area contributed by atoms with Crippen molar-refractivity contribution in [1.82, 2.24) is 10.2 Å². The molecule has 1 aromatic heterocycles. The second kappa shape index (κ2) is 6.67. The van der Waals surface area contributed by atoms with Gasteiger partial charge in [0.25, 0.3) is 0 Å². The number of fused-ring (bicyclic) bond motifs is 1. The first-order valence-corrected chi connectivity index (χ1v) is 7.92. The van der Waals surface area contributed by atoms with Crippen molar-refractivity contribution in [3.8, 4) is 0 Å². The Kier molecular flexibility index (Phi) is 4.70. The van der Waals surface area contributed by atoms with E-state index in [0.29, 0.717) is 21.1 Å². The van der Waals surface area contributed by atoms with E-state index in [1.54, 1.807) is 11.4 Å². The Morgan fingerprint density at radius 3 is 2.38 bits per heavy atom. The topological polar surface area (TPSA) is 57.8 Å². The maximum absolute atomic E-state index is 13.3. The van der Waals surface area contributed by atoms with Gasteiger partial charge in [-0.1, -0.05) is 15.9 Å². The molecule has 0 spiro atoms. The minimum atomic E-state index is -5.05. The predicted octanol–water partition coefficient (Wildman–Crippen LogP) is 4.70. The molecule has 1 amide bonds. The van der Waals surface area contributed by atoms with Crippen LogP contribution in [0.15, 0.2) is 34.8 Å². The number of aromatic nitrogens is 2. The van der Waals surface area contributed by atoms with Crippen LogP contribution in [0, 0.1) is 11.6 Å². The average molecular weight is 434 g/mol. The SMILES string of the molecule is O=C(Nc1n[nH]c2cc(Br)c(Cc3cc(F)cc(F)c3)cc12)C(F)(F)F. The number of anilines is 1. The molecule has 0 bridgehead atoms. The molecule has 2 aromatic carbocycles. The number of benzene rings is 2. The van der Waals surface area contributed by atoms with E-state index in [1.165, 1.54) is 6.07 Å². The normalized spacial score (nSPS) is 11.8. The molecule has 0 aliphatic heterocycles. The second-order valence-electron chi connectivity index (χ2n) is 5.47. The fourth-order valence-electron chi connectivity index (χ4n) is 2.42. The lowest BCUT2D eigenvalue weighted by molar-refractivity contribution is -0.167. The van der Waals surface area contributed by atoms with E-state index in [4.69, 9.17) is 0 Å². The molecule has 0 saturated carbocycles. The molecule has 2 N–H and O–H groups in total. The van der Waals surface area contributed by atoms with Crippen LogP contribution in [0.25, 0.3) is 10.9 Å². The van der Waals surface area contributed by atoms with Gasteiger partial charge in [0.1, 0.15) is 11.6 Å². The molecule has 10 heteroatoms. The van der Waals surface area contributed by atoms with E-state index in [-0.39, 0.29) is 17.6 Å². The highest BCUT2D eigenvalue weighted by Crippen LogP contribution is 2.30. The van der Waals surface area contributed by atoms with E-state index in [0.717, 1.165) is 18.2 Å². The Bertz CT molecular complexity index is 979. The summed E-state index contributed by atoms with van der Waals surface area (Å²) < 4.78 is 64.5. The molecule has 0 atom stereocenters. The molecule has 0 unspecified atom stereocenters. The van der Waals surface area contributed by atoms with Crippen LogP contribution >= 0.6 is 15.9 Å². The third kappa shape index (κ3) is 3.85. The van der Waals surface area contributed by atoms with Crippen molar-refractivity contribution in [3.05, 3.63) is 57.6 Å². The lowest BCUT2D eigenvalue weighted by Gasteiger charge is -2.08. The lowest BCUT2D eigenvalue weighted by atomic mass is 10.0. The van der Waals surface area contributed by atoms with E-state index in [1.807, 2.05) is 0 Å². The van der Waals surface area contributed by atoms with Gasteiger partial charge in [-0.25, -0.2) is 8.78 Å². The number of aromatic amines is 1. The molecule has 0 saturated heterocycles. The number of hydrogen-bond acceptors (Lipinski definition) is 2. The lowest BCUT2D eigenvalue weighted by Crippen LogP contribution is -2.30. The fraction of sp³-hybridized carbons (Fsp3) is 0.125. The van der Waals surface area contributed by atoms with Crippen molar-refractivity contribution < 1.29 is 26.7 Å². The molecule has 26 heavy (non-hydrogen) atoms. The summed E-state index contributed by atoms with van der Waals surface area (Å²) in [6.45, 7) is 0. The van der Waals surface area contributed by atoms with Gasteiger partial charge in [-0.2, -0.15) is 18.3 Å². The molecule has 3 aromatic rings. The molecule has 3 rings (SSSR count). The van der Waals surface area contributed by atoms with Crippen LogP contribution in [0.5, 0.6) is 0 Å². The maximum Gasteiger partial charge on any atom is 0.471 e. The number of nitrogens with one attached hydrogen (secondary N) is 2. The number of hydrogen-bond donors (Lipinski definition) is 2. The first-order valence-electron chi connectivity index (χ1n) is 7.13. The Balaban J connectivity index is 1.97. The summed E-state index contributed by atoms with van der Waals surface area (Å²) in [4.78, 5) is 11.1. The van der Waals surface area contributed by atoms with Gasteiger partial charge in [0, 0.05) is 15.9 Å². The van der Waals surface area contributed by atoms with Crippen LogP contribution in [-0.4, -0.2) is 22.3 Å². The Morgan fingerprint density at radius 2 is 1.77 bits per heavy atom. The molecule has 136 valence electrons. The van der Waals surface area contributed by atoms with Gasteiger partial charge < -0.3 is 5.32 Å². The van der Waals surface area contributed by atoms with Crippen LogP contribution in [0.4, 0.5) is 27.8 Å². The predicted molar refractivity (Wildman–Crippen MR) is 87.6 cm³/mol. The van der Waals surface area contributed by atoms with Gasteiger partial charge in [-0.15, -0.1) is 0 Å². The van der Waals surface area contributed by atoms with E-state index < -0.39 is 23.7 Å². The van der Waals surface area contributed by atoms with Crippen LogP contribution < -0.4 is 5.32 Å². The largest absolute Gasteiger partial charge is 0.471 e. The minimum absolute atomic E-state index is 0.114. The summed E-state index contributed by atoms with van der Waals surface area (Å²) in [5.41, 5.74) is 1.27. The van der Waals surface area contributed by atoms with Crippen LogP contribution in [0.2, 0.25) is 0 Å². The molecule has 0 aliphatic carbocycles. The summed E-state index contributed by atoms with van der Waals surface area (Å²) in [5.74, 6) is -3.92. The average Bonchev–Trinajstić information content (AvgIpc) is 2.87. The van der Waals surface area contributed by atoms with Crippen LogP contribution in [0.1, 0.15) is 11.1 Å². The number of amides is 1. The zero-order valence-corrected chi connectivity index (χ0v) is 14.3. The first-order chi connectivity index (χ1) is 12.1. The highest BCUT2D eigenvalue weighted by Gasteiger charge is 2.39. The number of rotatable bonds is 3. The first kappa shape index (κ1) is 18.3. The number of nitrogens with zero attached hydrogens (tertiary/aromatic N) is 1. The number of halogens is 6. The van der Waals surface area contributed by atoms with Crippen molar-refractivity contribution in [2.24, 2.45) is 0 Å². The van der Waals surface area contributed by atoms with Crippen molar-refractivity contribution in [1.29, 1.82) is 0 Å². The standard InChI is InChI=1S/C16H9BrF5N3O/c17-12-6-13-11(14(25-24-13)23-15(26)16(20,21)22)4-8(12)1-7-2-9(18)5-10(19)3-7/h2-6H,1H2,(H2,23,24,25,26). The van der Waals surface area contributed by atoms with E-state index in [2.05, 4.69) is 26.1 Å². The van der Waals surface area contributed by atoms with Gasteiger partial charge in [0.05, 0.1) is 5.52 Å². The zero-order chi connectivity index (χ0) is 19.1. The highest BCUT2D eigenvalue weighted by molar-refractivity contribution is 9.10. The summed E-state index contributed by atoms with van der Waals surface area (Å²) in [6, 6.07) is 6.08. The van der Waals surface area contributed by atoms with E-state index in [9.17, 15) is 26.7 Å². The molecule has 0 aliphatic rings. The second-order valence-corrected chi connectivity index (χ2v) is 6.32. The van der Waals surface area contributed by atoms with Gasteiger partial charge in [0.2, 0.25) is 0 Å². The van der Waals surface area contributed by atoms with Crippen molar-refractivity contribution in [2.45, 2.75) is 12.6 Å². The molecule has 4 nitrogen and oxygen atoms in total. The number of alkyl halides is 3. The monoisotopic (exact) mass is 433 g/mol. The highest BCUT2D eigenvalue weighted by atomic mass is 79.9. The zero-order valence-electron chi connectivity index (χ0n) is 12.7. The molecule has 0 fully saturated rings. The van der Waals surface area contributed by atoms with Gasteiger partial charge in [-0.05, 0) is 41.8 Å². The van der Waals surface area contributed by atoms with Crippen LogP contribution in [0.3, 0.4) is 0 Å². The summed E-state index contributed by atoms with van der Waals surface area (Å²) >= 11 is 3.30. The molecular weight excluding hydrogens is 425 g/mol. The van der Waals surface area contributed by atoms with Gasteiger partial charge >= 0.3 is 12.1 Å². The third-order valence-corrected chi connectivity index (χ3v) is 4.27. The Labute approximate surface area is 151 Å². The number of carbonyl (C=O) groups excluding carboxylic acids is 1. The molecule has 1 heterocycles. The fourth-order valence-corrected chi connectivity index (χ4v) is 2.91. The summed E-state index contributed by atoms with van der Waals surface area (Å²) in [7, 11) is 0. The van der Waals surface area contributed by atoms with Crippen LogP contribution in [-0.2, 0) is 11.2 Å². The summed E-state index contributed by atoms with van der Waals surface area (Å²) in [6.07, 6.45) is -4.94. The third-order valence-electron chi connectivity index (χ3n) is 3.54. The number of carbonyl (C=O) groups is 1. The summed E-state index contributed by atoms with van der Waals surface area (Å²) in [5, 5.41) is 8.11. The number of H-pyrrole nitrogens is 1. The van der Waals surface area contributed by atoms with Crippen molar-refractivity contribution in [2.75, 3.05) is 5.32 Å². The maximum atomic E-state index is 13.3. The molecular formula is C16H9BrF5N3O. The molecule has 0 radical (unpaired) electrons. The Hall–Kier alpha value is -2.49. The van der Waals surface area contributed by atoms with Crippen molar-refractivity contribution in [3.63, 3.8) is 0 Å². The quantitative estimate of drug-likeness (QED) is 0.588.